The first-order valence-electron chi connectivity index (χ1n) is 9.60. The third-order valence-electron chi connectivity index (χ3n) is 3.67. The zero-order chi connectivity index (χ0) is 22.6. The van der Waals surface area contributed by atoms with Crippen LogP contribution in [0.3, 0.4) is 0 Å². The number of hydrogen-bond acceptors (Lipinski definition) is 7. The number of aliphatic hydroxyl groups excluding tert-OH is 1. The molecule has 0 saturated carbocycles. The maximum Gasteiger partial charge on any atom is 0.328 e. The molecule has 0 aliphatic carbocycles. The van der Waals surface area contributed by atoms with E-state index in [4.69, 9.17) is 24.4 Å². The average molecular weight is 425 g/mol. The molecule has 1 aromatic carbocycles. The van der Waals surface area contributed by atoms with Gasteiger partial charge in [-0.15, -0.1) is 0 Å². The lowest BCUT2D eigenvalue weighted by Crippen LogP contribution is -2.42. The summed E-state index contributed by atoms with van der Waals surface area (Å²) in [5.74, 6) is -1.82. The van der Waals surface area contributed by atoms with Gasteiger partial charge in [0.1, 0.15) is 18.5 Å². The minimum absolute atomic E-state index is 0.0251. The van der Waals surface area contributed by atoms with E-state index < -0.39 is 18.0 Å². The van der Waals surface area contributed by atoms with E-state index in [0.29, 0.717) is 37.7 Å². The predicted octanol–water partition coefficient (Wildman–Crippen LogP) is 1.96. The van der Waals surface area contributed by atoms with E-state index in [1.807, 2.05) is 24.3 Å². The maximum atomic E-state index is 10.0. The summed E-state index contributed by atoms with van der Waals surface area (Å²) in [6.07, 6.45) is 1.08. The third-order valence-corrected chi connectivity index (χ3v) is 3.67. The fraction of sp³-hybridized carbons (Fsp3) is 0.524. The number of nitrogens with one attached hydrogen (secondary N) is 1. The summed E-state index contributed by atoms with van der Waals surface area (Å²) < 4.78 is 17.0. The average Bonchev–Trinajstić information content (AvgIpc) is 2.70. The van der Waals surface area contributed by atoms with E-state index in [0.717, 1.165) is 12.0 Å². The van der Waals surface area contributed by atoms with Crippen molar-refractivity contribution in [2.24, 2.45) is 0 Å². The van der Waals surface area contributed by atoms with Crippen LogP contribution in [0.25, 0.3) is 0 Å². The van der Waals surface area contributed by atoms with Crippen LogP contribution in [0.1, 0.15) is 39.0 Å². The van der Waals surface area contributed by atoms with Crippen LogP contribution in [0.2, 0.25) is 0 Å². The molecule has 1 heterocycles. The summed E-state index contributed by atoms with van der Waals surface area (Å²) in [6, 6.07) is 7.65. The van der Waals surface area contributed by atoms with Gasteiger partial charge < -0.3 is 34.8 Å². The van der Waals surface area contributed by atoms with Crippen molar-refractivity contribution in [3.05, 3.63) is 42.0 Å². The first kappa shape index (κ1) is 25.6. The number of carboxylic acids is 2. The summed E-state index contributed by atoms with van der Waals surface area (Å²) in [4.78, 5) is 19.1. The van der Waals surface area contributed by atoms with Crippen molar-refractivity contribution in [1.29, 1.82) is 0 Å². The highest BCUT2D eigenvalue weighted by molar-refractivity contribution is 5.89. The fourth-order valence-electron chi connectivity index (χ4n) is 2.29. The summed E-state index contributed by atoms with van der Waals surface area (Å²) in [7, 11) is 0. The molecule has 1 aromatic rings. The Kier molecular flexibility index (Phi) is 11.1. The van der Waals surface area contributed by atoms with Crippen LogP contribution >= 0.6 is 0 Å². The van der Waals surface area contributed by atoms with Gasteiger partial charge in [-0.1, -0.05) is 18.2 Å². The molecule has 2 rings (SSSR count). The van der Waals surface area contributed by atoms with Gasteiger partial charge >= 0.3 is 11.9 Å². The highest BCUT2D eigenvalue weighted by Gasteiger charge is 2.21. The Morgan fingerprint density at radius 3 is 2.27 bits per heavy atom. The SMILES string of the molecule is CC(C)(C)NCC(O)COc1ccccc1C1OCCCO1.O=C(O)/C=C\C(=O)O. The molecule has 30 heavy (non-hydrogen) atoms. The molecule has 0 radical (unpaired) electrons. The summed E-state index contributed by atoms with van der Waals surface area (Å²) in [5.41, 5.74) is 0.848. The summed E-state index contributed by atoms with van der Waals surface area (Å²) >= 11 is 0. The van der Waals surface area contributed by atoms with Gasteiger partial charge in [0.05, 0.1) is 13.2 Å². The van der Waals surface area contributed by atoms with Crippen molar-refractivity contribution in [2.45, 2.75) is 45.1 Å². The number of β-amino-alcohol motifs (C(OH)–C–C–N with tert-alkyl or cyclic N) is 1. The van der Waals surface area contributed by atoms with E-state index in [-0.39, 0.29) is 18.4 Å². The Labute approximate surface area is 176 Å². The molecule has 1 aliphatic heterocycles. The number of para-hydroxylation sites is 1. The number of aliphatic hydroxyl groups is 1. The third kappa shape index (κ3) is 11.5. The second-order valence-corrected chi connectivity index (χ2v) is 7.57. The van der Waals surface area contributed by atoms with E-state index in [2.05, 4.69) is 26.1 Å². The quantitative estimate of drug-likeness (QED) is 0.461. The molecular weight excluding hydrogens is 394 g/mol. The van der Waals surface area contributed by atoms with Crippen molar-refractivity contribution in [3.63, 3.8) is 0 Å². The van der Waals surface area contributed by atoms with E-state index in [9.17, 15) is 14.7 Å². The standard InChI is InChI=1S/C17H27NO4.C4H4O4/c1-17(2,3)18-11-13(19)12-22-15-8-5-4-7-14(15)16-20-9-6-10-21-16;5-3(6)1-2-4(7)8/h4-5,7-8,13,16,18-19H,6,9-12H2,1-3H3;1-2H,(H,5,6)(H,7,8)/b;2-1-. The van der Waals surface area contributed by atoms with Crippen LogP contribution < -0.4 is 10.1 Å². The lowest BCUT2D eigenvalue weighted by atomic mass is 10.1. The minimum Gasteiger partial charge on any atom is -0.490 e. The van der Waals surface area contributed by atoms with Crippen LogP contribution in [0.5, 0.6) is 5.75 Å². The zero-order valence-corrected chi connectivity index (χ0v) is 17.5. The van der Waals surface area contributed by atoms with Gasteiger partial charge in [-0.3, -0.25) is 0 Å². The van der Waals surface area contributed by atoms with E-state index in [1.165, 1.54) is 0 Å². The Morgan fingerprint density at radius 2 is 1.73 bits per heavy atom. The molecule has 0 bridgehead atoms. The molecule has 1 atom stereocenters. The molecule has 9 heteroatoms. The number of hydrogen-bond donors (Lipinski definition) is 4. The summed E-state index contributed by atoms with van der Waals surface area (Å²) in [5, 5.41) is 28.9. The minimum atomic E-state index is -1.26. The lowest BCUT2D eigenvalue weighted by Gasteiger charge is -2.26. The normalized spacial score (nSPS) is 15.9. The van der Waals surface area contributed by atoms with Crippen molar-refractivity contribution in [3.8, 4) is 5.75 Å². The van der Waals surface area contributed by atoms with E-state index >= 15 is 0 Å². The smallest absolute Gasteiger partial charge is 0.328 e. The van der Waals surface area contributed by atoms with Gasteiger partial charge in [-0.25, -0.2) is 9.59 Å². The van der Waals surface area contributed by atoms with Crippen LogP contribution in [-0.4, -0.2) is 65.3 Å². The molecule has 1 saturated heterocycles. The summed E-state index contributed by atoms with van der Waals surface area (Å²) in [6.45, 7) is 8.29. The van der Waals surface area contributed by atoms with Crippen molar-refractivity contribution in [2.75, 3.05) is 26.4 Å². The van der Waals surface area contributed by atoms with Gasteiger partial charge in [0.15, 0.2) is 6.29 Å². The van der Waals surface area contributed by atoms with Gasteiger partial charge in [-0.2, -0.15) is 0 Å². The molecule has 168 valence electrons. The van der Waals surface area contributed by atoms with Crippen molar-refractivity contribution < 1.29 is 39.1 Å². The van der Waals surface area contributed by atoms with Gasteiger partial charge in [0.2, 0.25) is 0 Å². The van der Waals surface area contributed by atoms with Gasteiger partial charge in [0, 0.05) is 29.8 Å². The van der Waals surface area contributed by atoms with Gasteiger partial charge in [-0.05, 0) is 33.3 Å². The van der Waals surface area contributed by atoms with Crippen LogP contribution in [0, 0.1) is 0 Å². The second kappa shape index (κ2) is 13.0. The number of benzene rings is 1. The zero-order valence-electron chi connectivity index (χ0n) is 17.5. The topological polar surface area (TPSA) is 135 Å². The molecule has 0 spiro atoms. The lowest BCUT2D eigenvalue weighted by molar-refractivity contribution is -0.183. The molecular formula is C21H31NO8. The predicted molar refractivity (Wildman–Crippen MR) is 109 cm³/mol. The first-order valence-corrected chi connectivity index (χ1v) is 9.60. The Bertz CT molecular complexity index is 676. The van der Waals surface area contributed by atoms with Crippen LogP contribution in [-0.2, 0) is 19.1 Å². The van der Waals surface area contributed by atoms with Gasteiger partial charge in [0.25, 0.3) is 0 Å². The Hall–Kier alpha value is -2.46. The molecule has 1 unspecified atom stereocenters. The Morgan fingerprint density at radius 1 is 1.17 bits per heavy atom. The molecule has 0 aromatic heterocycles. The highest BCUT2D eigenvalue weighted by Crippen LogP contribution is 2.30. The van der Waals surface area contributed by atoms with Crippen molar-refractivity contribution >= 4 is 11.9 Å². The number of rotatable bonds is 8. The Balaban J connectivity index is 0.000000479. The van der Waals surface area contributed by atoms with Crippen LogP contribution in [0.15, 0.2) is 36.4 Å². The molecule has 1 aliphatic rings. The molecule has 1 fully saturated rings. The number of ether oxygens (including phenoxy) is 3. The molecule has 9 nitrogen and oxygen atoms in total. The number of aliphatic carboxylic acids is 2. The molecule has 4 N–H and O–H groups in total. The second-order valence-electron chi connectivity index (χ2n) is 7.57. The highest BCUT2D eigenvalue weighted by atomic mass is 16.7. The van der Waals surface area contributed by atoms with E-state index in [1.54, 1.807) is 0 Å². The van der Waals surface area contributed by atoms with Crippen molar-refractivity contribution in [1.82, 2.24) is 5.32 Å². The number of carbonyl (C=O) groups is 2. The maximum absolute atomic E-state index is 10.0. The number of carboxylic acid groups (broad SMARTS) is 2. The monoisotopic (exact) mass is 425 g/mol. The van der Waals surface area contributed by atoms with Crippen LogP contribution in [0.4, 0.5) is 0 Å². The largest absolute Gasteiger partial charge is 0.490 e. The first-order chi connectivity index (χ1) is 14.1. The molecule has 0 amide bonds. The fourth-order valence-corrected chi connectivity index (χ4v) is 2.29.